The van der Waals surface area contributed by atoms with Crippen LogP contribution in [0.4, 0.5) is 11.4 Å². The third-order valence-electron chi connectivity index (χ3n) is 22.2. The van der Waals surface area contributed by atoms with Crippen LogP contribution in [0.3, 0.4) is 0 Å². The fourth-order valence-electron chi connectivity index (χ4n) is 16.2. The fraction of sp³-hybridized carbons (Fsp3) is 0.0566. The molecule has 112 heavy (non-hydrogen) atoms. The summed E-state index contributed by atoms with van der Waals surface area (Å²) in [6.07, 6.45) is 0. The van der Waals surface area contributed by atoms with E-state index in [9.17, 15) is 0 Å². The first-order valence-corrected chi connectivity index (χ1v) is 37.9. The smallest absolute Gasteiger partial charge is 0.187 e. The molecule has 15 aromatic carbocycles. The molecule has 0 aliphatic heterocycles. The molecule has 0 bridgehead atoms. The zero-order chi connectivity index (χ0) is 75.9. The zero-order valence-corrected chi connectivity index (χ0v) is 62.5. The van der Waals surface area contributed by atoms with Crippen molar-refractivity contribution < 1.29 is 0 Å². The standard InChI is InChI=1S/C56H39N3.C50H35N3/c1-56(2)51-28-26-44(34-49(51)50-35-48(57-3)27-29-52(50)56)43-21-13-20-42(30-43)39-22-24-40(25-23-39)53-36-54(59-55(58-53)41-18-11-6-12-19-41)47-32-45(37-14-7-4-8-15-37)31-46(33-47)38-16-9-5-10-17-38;1-50(2)45-27-25-41(30-43(45)44-31-42(51-3)26-28-46(44)50)40-16-10-15-39(29-40)35-19-23-37(24-20-35)48-32-47(52-49(53-48)38-13-8-5-9-14-38)36-21-17-34(18-22-36)33-11-6-4-7-12-33/h4-36H,1-2H3;4-32H,1-2H3. The second kappa shape index (κ2) is 29.2. The minimum Gasteiger partial charge on any atom is -0.238 e. The summed E-state index contributed by atoms with van der Waals surface area (Å²) in [6, 6.07) is 132. The van der Waals surface area contributed by atoms with Gasteiger partial charge in [0.25, 0.3) is 0 Å². The summed E-state index contributed by atoms with van der Waals surface area (Å²) in [7, 11) is 0. The Hall–Kier alpha value is -14.6. The van der Waals surface area contributed by atoms with Crippen LogP contribution in [0.1, 0.15) is 49.9 Å². The van der Waals surface area contributed by atoms with E-state index in [4.69, 9.17) is 33.1 Å². The van der Waals surface area contributed by atoms with Crippen LogP contribution in [0.15, 0.2) is 376 Å². The first kappa shape index (κ1) is 69.2. The van der Waals surface area contributed by atoms with Gasteiger partial charge in [-0.05, 0) is 189 Å². The van der Waals surface area contributed by atoms with Gasteiger partial charge in [-0.1, -0.05) is 337 Å². The number of benzene rings is 15. The molecule has 17 aromatic rings. The topological polar surface area (TPSA) is 60.3 Å². The Morgan fingerprint density at radius 2 is 0.411 bits per heavy atom. The van der Waals surface area contributed by atoms with Gasteiger partial charge in [0.15, 0.2) is 23.0 Å². The monoisotopic (exact) mass is 1430 g/mol. The lowest BCUT2D eigenvalue weighted by Crippen LogP contribution is -2.14. The van der Waals surface area contributed by atoms with Gasteiger partial charge in [0.1, 0.15) is 0 Å². The molecule has 2 heterocycles. The Bertz CT molecular complexity index is 6460. The number of hydrogen-bond donors (Lipinski definition) is 0. The van der Waals surface area contributed by atoms with Crippen molar-refractivity contribution in [3.8, 4) is 168 Å². The SMILES string of the molecule is [C-]#[N+]c1ccc2c(c1)-c1cc(-c3cccc(-c4ccc(-c5cc(-c6cc(-c7ccccc7)cc(-c7ccccc7)c6)nc(-c6ccccc6)n5)cc4)c3)ccc1C2(C)C.[C-]#[N+]c1ccc2c(c1)-c1cc(-c3cccc(-c4ccc(-c5cc(-c6ccc(-c7ccccc7)cc6)nc(-c6ccccc6)n5)cc4)c3)ccc1C2(C)C. The van der Waals surface area contributed by atoms with Crippen LogP contribution in [0.2, 0.25) is 0 Å². The average molecular weight is 1430 g/mol. The lowest BCUT2D eigenvalue weighted by atomic mass is 9.82. The number of rotatable bonds is 13. The van der Waals surface area contributed by atoms with Crippen molar-refractivity contribution in [1.29, 1.82) is 0 Å². The van der Waals surface area contributed by atoms with Crippen LogP contribution in [-0.2, 0) is 10.8 Å². The lowest BCUT2D eigenvalue weighted by Gasteiger charge is -2.21. The molecule has 0 fully saturated rings. The van der Waals surface area contributed by atoms with E-state index in [1.165, 1.54) is 50.1 Å². The maximum absolute atomic E-state index is 7.61. The number of nitrogens with zero attached hydrogens (tertiary/aromatic N) is 6. The maximum atomic E-state index is 7.61. The molecule has 2 aromatic heterocycles. The molecule has 0 saturated heterocycles. The Labute approximate surface area is 654 Å². The van der Waals surface area contributed by atoms with Gasteiger partial charge in [0.05, 0.1) is 35.9 Å². The predicted molar refractivity (Wildman–Crippen MR) is 462 cm³/mol. The van der Waals surface area contributed by atoms with Crippen LogP contribution < -0.4 is 0 Å². The van der Waals surface area contributed by atoms with Crippen molar-refractivity contribution in [2.75, 3.05) is 0 Å². The van der Waals surface area contributed by atoms with Gasteiger partial charge >= 0.3 is 0 Å². The molecule has 0 radical (unpaired) electrons. The third kappa shape index (κ3) is 13.5. The molecule has 528 valence electrons. The molecular weight excluding hydrogens is 1360 g/mol. The highest BCUT2D eigenvalue weighted by atomic mass is 14.9. The molecule has 0 unspecified atom stereocenters. The molecular formula is C106H74N6. The summed E-state index contributed by atoms with van der Waals surface area (Å²) in [5.74, 6) is 1.39. The summed E-state index contributed by atoms with van der Waals surface area (Å²) in [6.45, 7) is 24.3. The first-order valence-electron chi connectivity index (χ1n) is 37.9. The Morgan fingerprint density at radius 1 is 0.188 bits per heavy atom. The highest BCUT2D eigenvalue weighted by Gasteiger charge is 2.37. The van der Waals surface area contributed by atoms with Crippen LogP contribution in [0, 0.1) is 13.1 Å². The van der Waals surface area contributed by atoms with Gasteiger partial charge in [-0.3, -0.25) is 0 Å². The second-order valence-electron chi connectivity index (χ2n) is 29.9. The Morgan fingerprint density at radius 3 is 0.750 bits per heavy atom. The van der Waals surface area contributed by atoms with E-state index in [2.05, 4.69) is 347 Å². The third-order valence-corrected chi connectivity index (χ3v) is 22.2. The van der Waals surface area contributed by atoms with Crippen LogP contribution in [0.25, 0.3) is 178 Å². The number of fused-ring (bicyclic) bond motifs is 6. The van der Waals surface area contributed by atoms with E-state index in [0.717, 1.165) is 128 Å². The Kier molecular flexibility index (Phi) is 18.0. The molecule has 0 atom stereocenters. The summed E-state index contributed by atoms with van der Waals surface area (Å²) in [5.41, 5.74) is 36.8. The summed E-state index contributed by atoms with van der Waals surface area (Å²) in [5, 5.41) is 0. The normalized spacial score (nSPS) is 12.4. The molecule has 6 heteroatoms. The number of hydrogen-bond acceptors (Lipinski definition) is 4. The van der Waals surface area contributed by atoms with Gasteiger partial charge in [0.2, 0.25) is 0 Å². The fourth-order valence-corrected chi connectivity index (χ4v) is 16.2. The van der Waals surface area contributed by atoms with E-state index < -0.39 is 0 Å². The van der Waals surface area contributed by atoms with Gasteiger partial charge in [-0.25, -0.2) is 29.6 Å². The second-order valence-corrected chi connectivity index (χ2v) is 29.9. The highest BCUT2D eigenvalue weighted by Crippen LogP contribution is 2.53. The van der Waals surface area contributed by atoms with E-state index in [1.807, 2.05) is 66.7 Å². The molecule has 2 aliphatic rings. The number of aromatic nitrogens is 4. The Balaban J connectivity index is 0.000000157. The maximum Gasteiger partial charge on any atom is 0.187 e. The highest BCUT2D eigenvalue weighted by molar-refractivity contribution is 5.90. The van der Waals surface area contributed by atoms with Gasteiger partial charge in [0, 0.05) is 44.2 Å². The summed E-state index contributed by atoms with van der Waals surface area (Å²) < 4.78 is 0. The zero-order valence-electron chi connectivity index (χ0n) is 62.5. The minimum absolute atomic E-state index is 0.105. The summed E-state index contributed by atoms with van der Waals surface area (Å²) >= 11 is 0. The molecule has 0 amide bonds. The van der Waals surface area contributed by atoms with Crippen LogP contribution >= 0.6 is 0 Å². The van der Waals surface area contributed by atoms with E-state index >= 15 is 0 Å². The molecule has 0 spiro atoms. The van der Waals surface area contributed by atoms with E-state index in [1.54, 1.807) is 0 Å². The van der Waals surface area contributed by atoms with Crippen molar-refractivity contribution in [2.24, 2.45) is 0 Å². The first-order chi connectivity index (χ1) is 54.8. The quantitative estimate of drug-likeness (QED) is 0.108. The predicted octanol–water partition coefficient (Wildman–Crippen LogP) is 28.3. The van der Waals surface area contributed by atoms with E-state index in [0.29, 0.717) is 23.0 Å². The van der Waals surface area contributed by atoms with Crippen molar-refractivity contribution in [1.82, 2.24) is 19.9 Å². The largest absolute Gasteiger partial charge is 0.238 e. The molecule has 2 aliphatic carbocycles. The van der Waals surface area contributed by atoms with Crippen molar-refractivity contribution in [3.63, 3.8) is 0 Å². The van der Waals surface area contributed by atoms with Gasteiger partial charge in [-0.2, -0.15) is 0 Å². The molecule has 6 nitrogen and oxygen atoms in total. The molecule has 0 saturated carbocycles. The van der Waals surface area contributed by atoms with Crippen LogP contribution in [0.5, 0.6) is 0 Å². The van der Waals surface area contributed by atoms with E-state index in [-0.39, 0.29) is 10.8 Å². The van der Waals surface area contributed by atoms with Crippen molar-refractivity contribution in [3.05, 3.63) is 421 Å². The average Bonchev–Trinajstić information content (AvgIpc) is 1.58. The minimum atomic E-state index is -0.114. The van der Waals surface area contributed by atoms with Crippen LogP contribution in [-0.4, -0.2) is 19.9 Å². The van der Waals surface area contributed by atoms with Gasteiger partial charge < -0.3 is 0 Å². The lowest BCUT2D eigenvalue weighted by molar-refractivity contribution is 0.660. The summed E-state index contributed by atoms with van der Waals surface area (Å²) in [4.78, 5) is 27.9. The molecule has 19 rings (SSSR count). The van der Waals surface area contributed by atoms with Crippen molar-refractivity contribution >= 4 is 11.4 Å². The molecule has 0 N–H and O–H groups in total. The van der Waals surface area contributed by atoms with Gasteiger partial charge in [-0.15, -0.1) is 0 Å². The van der Waals surface area contributed by atoms with Crippen molar-refractivity contribution in [2.45, 2.75) is 38.5 Å².